The summed E-state index contributed by atoms with van der Waals surface area (Å²) in [6, 6.07) is 6.52. The Balaban J connectivity index is 1.92. The predicted molar refractivity (Wildman–Crippen MR) is 86.5 cm³/mol. The smallest absolute Gasteiger partial charge is 0.161 e. The van der Waals surface area contributed by atoms with Crippen LogP contribution in [-0.2, 0) is 17.3 Å². The van der Waals surface area contributed by atoms with Gasteiger partial charge < -0.3 is 14.8 Å². The molecular formula is C16H25NO3S. The second kappa shape index (κ2) is 7.80. The van der Waals surface area contributed by atoms with Crippen molar-refractivity contribution >= 4 is 10.8 Å². The molecule has 1 aromatic carbocycles. The molecule has 1 aliphatic rings. The van der Waals surface area contributed by atoms with E-state index < -0.39 is 10.8 Å². The molecule has 0 bridgehead atoms. The Morgan fingerprint density at radius 1 is 1.29 bits per heavy atom. The second-order valence-electron chi connectivity index (χ2n) is 5.66. The van der Waals surface area contributed by atoms with Crippen molar-refractivity contribution in [2.75, 3.05) is 18.6 Å². The van der Waals surface area contributed by atoms with Gasteiger partial charge in [-0.05, 0) is 44.4 Å². The Morgan fingerprint density at radius 3 is 2.62 bits per heavy atom. The largest absolute Gasteiger partial charge is 0.493 e. The minimum Gasteiger partial charge on any atom is -0.493 e. The van der Waals surface area contributed by atoms with Gasteiger partial charge in [-0.1, -0.05) is 6.07 Å². The van der Waals surface area contributed by atoms with Crippen LogP contribution in [0.5, 0.6) is 11.5 Å². The summed E-state index contributed by atoms with van der Waals surface area (Å²) in [5.74, 6) is 3.20. The third-order valence-corrected chi connectivity index (χ3v) is 4.96. The molecule has 4 nitrogen and oxygen atoms in total. The van der Waals surface area contributed by atoms with Crippen LogP contribution < -0.4 is 14.8 Å². The molecule has 0 aliphatic carbocycles. The summed E-state index contributed by atoms with van der Waals surface area (Å²) in [6.45, 7) is 4.81. The van der Waals surface area contributed by atoms with E-state index in [0.29, 0.717) is 6.04 Å². The van der Waals surface area contributed by atoms with Crippen molar-refractivity contribution in [3.05, 3.63) is 23.8 Å². The summed E-state index contributed by atoms with van der Waals surface area (Å²) in [7, 11) is 1.06. The average Bonchev–Trinajstić information content (AvgIpc) is 2.47. The van der Waals surface area contributed by atoms with Crippen molar-refractivity contribution in [2.24, 2.45) is 0 Å². The number of nitrogens with one attached hydrogen (secondary N) is 1. The van der Waals surface area contributed by atoms with Gasteiger partial charge in [0, 0.05) is 34.9 Å². The van der Waals surface area contributed by atoms with E-state index >= 15 is 0 Å². The normalized spacial score (nSPS) is 22.3. The number of methoxy groups -OCH3 is 1. The first-order valence-corrected chi connectivity index (χ1v) is 8.99. The molecule has 0 unspecified atom stereocenters. The molecule has 1 saturated heterocycles. The van der Waals surface area contributed by atoms with Gasteiger partial charge in [0.05, 0.1) is 13.2 Å². The molecule has 0 aromatic heterocycles. The van der Waals surface area contributed by atoms with Crippen LogP contribution >= 0.6 is 0 Å². The zero-order chi connectivity index (χ0) is 15.2. The lowest BCUT2D eigenvalue weighted by molar-refractivity contribution is 0.230. The van der Waals surface area contributed by atoms with Crippen LogP contribution in [0.3, 0.4) is 0 Å². The highest BCUT2D eigenvalue weighted by atomic mass is 32.2. The van der Waals surface area contributed by atoms with Gasteiger partial charge in [-0.15, -0.1) is 0 Å². The lowest BCUT2D eigenvalue weighted by atomic mass is 10.1. The first kappa shape index (κ1) is 16.3. The Hall–Kier alpha value is -1.07. The maximum Gasteiger partial charge on any atom is 0.161 e. The van der Waals surface area contributed by atoms with Gasteiger partial charge >= 0.3 is 0 Å². The molecule has 0 spiro atoms. The van der Waals surface area contributed by atoms with Crippen molar-refractivity contribution in [1.82, 2.24) is 5.32 Å². The van der Waals surface area contributed by atoms with Crippen molar-refractivity contribution in [1.29, 1.82) is 0 Å². The molecule has 0 amide bonds. The molecule has 2 rings (SSSR count). The summed E-state index contributed by atoms with van der Waals surface area (Å²) in [5, 5.41) is 3.54. The number of rotatable bonds is 6. The molecule has 21 heavy (non-hydrogen) atoms. The van der Waals surface area contributed by atoms with Gasteiger partial charge in [-0.2, -0.15) is 0 Å². The molecule has 0 atom stereocenters. The maximum absolute atomic E-state index is 11.3. The first-order valence-electron chi connectivity index (χ1n) is 7.50. The highest BCUT2D eigenvalue weighted by Gasteiger charge is 2.17. The van der Waals surface area contributed by atoms with E-state index in [4.69, 9.17) is 9.47 Å². The Kier molecular flexibility index (Phi) is 6.06. The van der Waals surface area contributed by atoms with Gasteiger partial charge in [-0.25, -0.2) is 0 Å². The molecule has 1 fully saturated rings. The standard InChI is InChI=1S/C16H25NO3S/c1-12(2)20-15-5-4-13(10-16(15)19-3)11-17-14-6-8-21(18)9-7-14/h4-5,10,12,14,17H,6-9,11H2,1-3H3. The Morgan fingerprint density at radius 2 is 2.00 bits per heavy atom. The van der Waals surface area contributed by atoms with Crippen LogP contribution in [0.4, 0.5) is 0 Å². The summed E-state index contributed by atoms with van der Waals surface area (Å²) >= 11 is 0. The lowest BCUT2D eigenvalue weighted by Crippen LogP contribution is -2.35. The number of hydrogen-bond donors (Lipinski definition) is 1. The highest BCUT2D eigenvalue weighted by molar-refractivity contribution is 7.85. The van der Waals surface area contributed by atoms with Crippen LogP contribution in [0, 0.1) is 0 Å². The maximum atomic E-state index is 11.3. The SMILES string of the molecule is COc1cc(CNC2CCS(=O)CC2)ccc1OC(C)C. The van der Waals surface area contributed by atoms with E-state index in [1.165, 1.54) is 5.56 Å². The summed E-state index contributed by atoms with van der Waals surface area (Å²) < 4.78 is 22.5. The third kappa shape index (κ3) is 5.00. The molecule has 0 saturated carbocycles. The van der Waals surface area contributed by atoms with Gasteiger partial charge in [0.15, 0.2) is 11.5 Å². The highest BCUT2D eigenvalue weighted by Crippen LogP contribution is 2.29. The Labute approximate surface area is 129 Å². The predicted octanol–water partition coefficient (Wildman–Crippen LogP) is 2.48. The zero-order valence-electron chi connectivity index (χ0n) is 13.1. The van der Waals surface area contributed by atoms with E-state index in [1.54, 1.807) is 7.11 Å². The van der Waals surface area contributed by atoms with E-state index in [1.807, 2.05) is 26.0 Å². The van der Waals surface area contributed by atoms with Crippen molar-refractivity contribution in [2.45, 2.75) is 45.4 Å². The quantitative estimate of drug-likeness (QED) is 0.877. The Bertz CT molecular complexity index is 480. The van der Waals surface area contributed by atoms with Crippen LogP contribution in [-0.4, -0.2) is 35.0 Å². The van der Waals surface area contributed by atoms with E-state index in [0.717, 1.165) is 42.4 Å². The van der Waals surface area contributed by atoms with Crippen molar-refractivity contribution in [3.8, 4) is 11.5 Å². The summed E-state index contributed by atoms with van der Waals surface area (Å²) in [4.78, 5) is 0. The molecule has 1 N–H and O–H groups in total. The van der Waals surface area contributed by atoms with Crippen LogP contribution in [0.2, 0.25) is 0 Å². The number of hydrogen-bond acceptors (Lipinski definition) is 4. The summed E-state index contributed by atoms with van der Waals surface area (Å²) in [6.07, 6.45) is 2.13. The molecule has 5 heteroatoms. The van der Waals surface area contributed by atoms with Crippen molar-refractivity contribution in [3.63, 3.8) is 0 Å². The topological polar surface area (TPSA) is 47.6 Å². The van der Waals surface area contributed by atoms with Gasteiger partial charge in [0.25, 0.3) is 0 Å². The summed E-state index contributed by atoms with van der Waals surface area (Å²) in [5.41, 5.74) is 1.18. The fourth-order valence-corrected chi connectivity index (χ4v) is 3.73. The minimum absolute atomic E-state index is 0.131. The fourth-order valence-electron chi connectivity index (χ4n) is 2.43. The minimum atomic E-state index is -0.600. The second-order valence-corrected chi connectivity index (χ2v) is 7.35. The van der Waals surface area contributed by atoms with Gasteiger partial charge in [-0.3, -0.25) is 4.21 Å². The van der Waals surface area contributed by atoms with Crippen LogP contribution in [0.15, 0.2) is 18.2 Å². The number of benzene rings is 1. The van der Waals surface area contributed by atoms with E-state index in [9.17, 15) is 4.21 Å². The van der Waals surface area contributed by atoms with Gasteiger partial charge in [0.2, 0.25) is 0 Å². The van der Waals surface area contributed by atoms with E-state index in [-0.39, 0.29) is 6.10 Å². The molecule has 0 radical (unpaired) electrons. The molecule has 118 valence electrons. The van der Waals surface area contributed by atoms with Crippen LogP contribution in [0.25, 0.3) is 0 Å². The molecule has 1 aliphatic heterocycles. The lowest BCUT2D eigenvalue weighted by Gasteiger charge is -2.23. The molecule has 1 heterocycles. The third-order valence-electron chi connectivity index (χ3n) is 3.57. The van der Waals surface area contributed by atoms with E-state index in [2.05, 4.69) is 11.4 Å². The van der Waals surface area contributed by atoms with Gasteiger partial charge in [0.1, 0.15) is 0 Å². The fraction of sp³-hybridized carbons (Fsp3) is 0.625. The monoisotopic (exact) mass is 311 g/mol. The van der Waals surface area contributed by atoms with Crippen molar-refractivity contribution < 1.29 is 13.7 Å². The zero-order valence-corrected chi connectivity index (χ0v) is 13.9. The molecule has 1 aromatic rings. The first-order chi connectivity index (χ1) is 10.1. The van der Waals surface area contributed by atoms with Crippen LogP contribution in [0.1, 0.15) is 32.3 Å². The number of ether oxygens (including phenoxy) is 2. The average molecular weight is 311 g/mol. The molecular weight excluding hydrogens is 286 g/mol.